The maximum absolute atomic E-state index is 5.64. The Morgan fingerprint density at radius 2 is 2.33 bits per heavy atom. The molecule has 1 aromatic carbocycles. The second-order valence-corrected chi connectivity index (χ2v) is 5.12. The summed E-state index contributed by atoms with van der Waals surface area (Å²) >= 11 is 0. The molecule has 1 aromatic heterocycles. The minimum Gasteiger partial charge on any atom is -0.464 e. The first kappa shape index (κ1) is 11.8. The number of fused-ring (bicyclic) bond motifs is 1. The van der Waals surface area contributed by atoms with E-state index in [9.17, 15) is 0 Å². The van der Waals surface area contributed by atoms with Crippen molar-refractivity contribution in [2.24, 2.45) is 5.92 Å². The van der Waals surface area contributed by atoms with Gasteiger partial charge in [-0.2, -0.15) is 0 Å². The van der Waals surface area contributed by atoms with Crippen molar-refractivity contribution in [2.75, 3.05) is 20.1 Å². The van der Waals surface area contributed by atoms with E-state index in [4.69, 9.17) is 4.42 Å². The normalized spacial score (nSPS) is 21.5. The Labute approximate surface area is 108 Å². The van der Waals surface area contributed by atoms with E-state index in [-0.39, 0.29) is 0 Å². The van der Waals surface area contributed by atoms with Gasteiger partial charge in [0, 0.05) is 17.0 Å². The summed E-state index contributed by atoms with van der Waals surface area (Å²) in [7, 11) is 2.04. The predicted octanol–water partition coefficient (Wildman–Crippen LogP) is 2.69. The van der Waals surface area contributed by atoms with Gasteiger partial charge in [-0.25, -0.2) is 0 Å². The van der Waals surface area contributed by atoms with Crippen LogP contribution in [-0.2, 0) is 0 Å². The molecule has 2 unspecified atom stereocenters. The lowest BCUT2D eigenvalue weighted by Gasteiger charge is -2.18. The van der Waals surface area contributed by atoms with Crippen molar-refractivity contribution in [3.05, 3.63) is 36.1 Å². The largest absolute Gasteiger partial charge is 0.464 e. The zero-order valence-electron chi connectivity index (χ0n) is 10.8. The van der Waals surface area contributed by atoms with Crippen LogP contribution in [0.1, 0.15) is 24.4 Å². The molecule has 0 saturated carbocycles. The Hall–Kier alpha value is -1.32. The van der Waals surface area contributed by atoms with Gasteiger partial charge in [0.25, 0.3) is 0 Å². The molecule has 3 nitrogen and oxygen atoms in total. The Morgan fingerprint density at radius 1 is 1.44 bits per heavy atom. The fourth-order valence-corrected chi connectivity index (χ4v) is 2.92. The van der Waals surface area contributed by atoms with Crippen LogP contribution in [0.4, 0.5) is 0 Å². The number of hydrogen-bond acceptors (Lipinski definition) is 3. The minimum atomic E-state index is 0.388. The first-order chi connectivity index (χ1) is 8.88. The van der Waals surface area contributed by atoms with Gasteiger partial charge < -0.3 is 15.1 Å². The Morgan fingerprint density at radius 3 is 3.11 bits per heavy atom. The number of nitrogens with one attached hydrogen (secondary N) is 2. The lowest BCUT2D eigenvalue weighted by atomic mass is 9.94. The smallest absolute Gasteiger partial charge is 0.134 e. The first-order valence-electron chi connectivity index (χ1n) is 6.72. The molecule has 96 valence electrons. The second kappa shape index (κ2) is 5.12. The van der Waals surface area contributed by atoms with Crippen molar-refractivity contribution in [3.8, 4) is 0 Å². The van der Waals surface area contributed by atoms with Crippen LogP contribution in [0.2, 0.25) is 0 Å². The van der Waals surface area contributed by atoms with E-state index >= 15 is 0 Å². The number of furan rings is 1. The summed E-state index contributed by atoms with van der Waals surface area (Å²) in [6.07, 6.45) is 4.37. The van der Waals surface area contributed by atoms with Crippen LogP contribution >= 0.6 is 0 Å². The van der Waals surface area contributed by atoms with E-state index in [1.165, 1.54) is 23.8 Å². The molecule has 2 aromatic rings. The van der Waals surface area contributed by atoms with Crippen LogP contribution in [0.15, 0.2) is 34.9 Å². The number of para-hydroxylation sites is 1. The van der Waals surface area contributed by atoms with Gasteiger partial charge in [-0.3, -0.25) is 0 Å². The molecule has 3 heteroatoms. The summed E-state index contributed by atoms with van der Waals surface area (Å²) < 4.78 is 5.64. The maximum atomic E-state index is 5.64. The van der Waals surface area contributed by atoms with Gasteiger partial charge in [-0.15, -0.1) is 0 Å². The van der Waals surface area contributed by atoms with E-state index in [2.05, 4.69) is 22.8 Å². The predicted molar refractivity (Wildman–Crippen MR) is 73.6 cm³/mol. The van der Waals surface area contributed by atoms with E-state index in [1.54, 1.807) is 0 Å². The van der Waals surface area contributed by atoms with Crippen LogP contribution in [0.3, 0.4) is 0 Å². The van der Waals surface area contributed by atoms with Crippen LogP contribution in [0.5, 0.6) is 0 Å². The minimum absolute atomic E-state index is 0.388. The zero-order chi connectivity index (χ0) is 12.4. The quantitative estimate of drug-likeness (QED) is 0.868. The number of hydrogen-bond donors (Lipinski definition) is 2. The highest BCUT2D eigenvalue weighted by atomic mass is 16.3. The van der Waals surface area contributed by atoms with E-state index in [1.807, 2.05) is 25.4 Å². The van der Waals surface area contributed by atoms with Crippen molar-refractivity contribution in [1.29, 1.82) is 0 Å². The Kier molecular flexibility index (Phi) is 3.35. The topological polar surface area (TPSA) is 37.2 Å². The summed E-state index contributed by atoms with van der Waals surface area (Å²) in [5.41, 5.74) is 2.28. The highest BCUT2D eigenvalue weighted by molar-refractivity contribution is 5.81. The Bertz CT molecular complexity index is 514. The van der Waals surface area contributed by atoms with Crippen molar-refractivity contribution < 1.29 is 4.42 Å². The molecule has 1 fully saturated rings. The second-order valence-electron chi connectivity index (χ2n) is 5.12. The fraction of sp³-hybridized carbons (Fsp3) is 0.467. The molecule has 18 heavy (non-hydrogen) atoms. The van der Waals surface area contributed by atoms with Crippen molar-refractivity contribution in [3.63, 3.8) is 0 Å². The summed E-state index contributed by atoms with van der Waals surface area (Å²) in [6, 6.07) is 8.66. The average Bonchev–Trinajstić information content (AvgIpc) is 3.05. The van der Waals surface area contributed by atoms with E-state index in [0.717, 1.165) is 24.6 Å². The molecular formula is C15H20N2O. The molecular weight excluding hydrogens is 224 g/mol. The van der Waals surface area contributed by atoms with Gasteiger partial charge in [0.05, 0.1) is 6.26 Å². The van der Waals surface area contributed by atoms with Gasteiger partial charge in [-0.1, -0.05) is 18.2 Å². The highest BCUT2D eigenvalue weighted by Gasteiger charge is 2.22. The third-order valence-electron chi connectivity index (χ3n) is 3.97. The standard InChI is InChI=1S/C15H20N2O/c1-16-14(8-11-6-7-17-9-11)13-10-18-15-5-3-2-4-12(13)15/h2-5,10-11,14,16-17H,6-9H2,1H3. The molecule has 0 bridgehead atoms. The summed E-state index contributed by atoms with van der Waals surface area (Å²) in [5.74, 6) is 0.774. The third-order valence-corrected chi connectivity index (χ3v) is 3.97. The lowest BCUT2D eigenvalue weighted by molar-refractivity contribution is 0.428. The molecule has 2 N–H and O–H groups in total. The molecule has 1 saturated heterocycles. The molecule has 1 aliphatic heterocycles. The van der Waals surface area contributed by atoms with E-state index < -0.39 is 0 Å². The lowest BCUT2D eigenvalue weighted by Crippen LogP contribution is -2.20. The van der Waals surface area contributed by atoms with Gasteiger partial charge in [0.15, 0.2) is 0 Å². The zero-order valence-corrected chi connectivity index (χ0v) is 10.8. The van der Waals surface area contributed by atoms with Crippen LogP contribution in [0.25, 0.3) is 11.0 Å². The molecule has 0 radical (unpaired) electrons. The molecule has 0 aliphatic carbocycles. The summed E-state index contributed by atoms with van der Waals surface area (Å²) in [6.45, 7) is 2.31. The summed E-state index contributed by atoms with van der Waals surface area (Å²) in [5, 5.41) is 8.11. The monoisotopic (exact) mass is 244 g/mol. The molecule has 1 aliphatic rings. The van der Waals surface area contributed by atoms with Gasteiger partial charge >= 0.3 is 0 Å². The highest BCUT2D eigenvalue weighted by Crippen LogP contribution is 2.31. The molecule has 0 amide bonds. The molecule has 2 atom stereocenters. The van der Waals surface area contributed by atoms with Crippen LogP contribution in [-0.4, -0.2) is 20.1 Å². The Balaban J connectivity index is 1.86. The van der Waals surface area contributed by atoms with Gasteiger partial charge in [0.2, 0.25) is 0 Å². The van der Waals surface area contributed by atoms with Gasteiger partial charge in [-0.05, 0) is 45.0 Å². The van der Waals surface area contributed by atoms with Crippen LogP contribution in [0, 0.1) is 5.92 Å². The number of rotatable bonds is 4. The third kappa shape index (κ3) is 2.16. The van der Waals surface area contributed by atoms with Gasteiger partial charge in [0.1, 0.15) is 5.58 Å². The van der Waals surface area contributed by atoms with Crippen molar-refractivity contribution in [2.45, 2.75) is 18.9 Å². The molecule has 0 spiro atoms. The van der Waals surface area contributed by atoms with E-state index in [0.29, 0.717) is 6.04 Å². The summed E-state index contributed by atoms with van der Waals surface area (Å²) in [4.78, 5) is 0. The SMILES string of the molecule is CNC(CC1CCNC1)c1coc2ccccc12. The fourth-order valence-electron chi connectivity index (χ4n) is 2.92. The average molecular weight is 244 g/mol. The number of benzene rings is 1. The first-order valence-corrected chi connectivity index (χ1v) is 6.72. The maximum Gasteiger partial charge on any atom is 0.134 e. The van der Waals surface area contributed by atoms with Crippen molar-refractivity contribution in [1.82, 2.24) is 10.6 Å². The molecule has 3 rings (SSSR count). The molecule has 2 heterocycles. The van der Waals surface area contributed by atoms with Crippen molar-refractivity contribution >= 4 is 11.0 Å². The van der Waals surface area contributed by atoms with Crippen LogP contribution < -0.4 is 10.6 Å².